The van der Waals surface area contributed by atoms with Crippen molar-refractivity contribution < 1.29 is 17.9 Å². The van der Waals surface area contributed by atoms with Gasteiger partial charge in [-0.2, -0.15) is 13.2 Å². The van der Waals surface area contributed by atoms with Gasteiger partial charge in [-0.1, -0.05) is 18.2 Å². The third-order valence-electron chi connectivity index (χ3n) is 2.04. The monoisotopic (exact) mass is 216 g/mol. The minimum absolute atomic E-state index is 0.136. The van der Waals surface area contributed by atoms with Gasteiger partial charge < -0.3 is 4.74 Å². The molecule has 0 fully saturated rings. The lowest BCUT2D eigenvalue weighted by Crippen LogP contribution is -2.18. The molecule has 0 saturated carbocycles. The van der Waals surface area contributed by atoms with Crippen molar-refractivity contribution >= 4 is 0 Å². The summed E-state index contributed by atoms with van der Waals surface area (Å²) in [6.45, 7) is 3.20. The van der Waals surface area contributed by atoms with Crippen LogP contribution in [0.4, 0.5) is 13.2 Å². The molecule has 0 saturated heterocycles. The summed E-state index contributed by atoms with van der Waals surface area (Å²) >= 11 is 0. The number of allylic oxidation sites excluding steroid dienone is 1. The average Bonchev–Trinajstić information content (AvgIpc) is 2.17. The molecule has 1 unspecified atom stereocenters. The Labute approximate surface area is 86.2 Å². The Morgan fingerprint density at radius 1 is 1.40 bits per heavy atom. The molecule has 0 aliphatic rings. The minimum atomic E-state index is -4.31. The van der Waals surface area contributed by atoms with E-state index in [4.69, 9.17) is 4.74 Å². The molecule has 15 heavy (non-hydrogen) atoms. The smallest absolute Gasteiger partial charge is 0.399 e. The van der Waals surface area contributed by atoms with Crippen molar-refractivity contribution in [2.24, 2.45) is 0 Å². The van der Waals surface area contributed by atoms with Crippen LogP contribution in [0.3, 0.4) is 0 Å². The summed E-state index contributed by atoms with van der Waals surface area (Å²) in [5, 5.41) is 0. The number of hydrogen-bond donors (Lipinski definition) is 0. The summed E-state index contributed by atoms with van der Waals surface area (Å²) in [6, 6.07) is 5.89. The lowest BCUT2D eigenvalue weighted by molar-refractivity contribution is -0.139. The Kier molecular flexibility index (Phi) is 3.39. The maximum Gasteiger partial charge on any atom is 0.399 e. The molecule has 0 bridgehead atoms. The first-order valence-electron chi connectivity index (χ1n) is 4.32. The van der Waals surface area contributed by atoms with Crippen molar-refractivity contribution in [2.75, 3.05) is 7.11 Å². The highest BCUT2D eigenvalue weighted by atomic mass is 19.4. The predicted molar refractivity (Wildman–Crippen MR) is 52.0 cm³/mol. The van der Waals surface area contributed by atoms with Gasteiger partial charge in [-0.15, -0.1) is 6.58 Å². The number of halogens is 3. The SMILES string of the molecule is C=CC(c1cccc(OC)c1)C(F)(F)F. The highest BCUT2D eigenvalue weighted by Crippen LogP contribution is 2.36. The van der Waals surface area contributed by atoms with Gasteiger partial charge in [0.25, 0.3) is 0 Å². The molecule has 1 aromatic rings. The molecule has 0 aliphatic heterocycles. The van der Waals surface area contributed by atoms with Gasteiger partial charge in [0.05, 0.1) is 13.0 Å². The van der Waals surface area contributed by atoms with Crippen LogP contribution >= 0.6 is 0 Å². The number of methoxy groups -OCH3 is 1. The molecule has 1 atom stereocenters. The van der Waals surface area contributed by atoms with Crippen LogP contribution in [0.5, 0.6) is 5.75 Å². The summed E-state index contributed by atoms with van der Waals surface area (Å²) in [4.78, 5) is 0. The molecule has 0 aromatic heterocycles. The first kappa shape index (κ1) is 11.6. The fourth-order valence-electron chi connectivity index (χ4n) is 1.29. The van der Waals surface area contributed by atoms with Crippen LogP contribution in [0.25, 0.3) is 0 Å². The Balaban J connectivity index is 3.07. The fourth-order valence-corrected chi connectivity index (χ4v) is 1.29. The van der Waals surface area contributed by atoms with Gasteiger partial charge in [-0.25, -0.2) is 0 Å². The normalized spacial score (nSPS) is 13.3. The van der Waals surface area contributed by atoms with Gasteiger partial charge in [0.15, 0.2) is 0 Å². The molecule has 0 radical (unpaired) electrons. The summed E-state index contributed by atoms with van der Waals surface area (Å²) in [5.74, 6) is -1.24. The third kappa shape index (κ3) is 2.75. The Morgan fingerprint density at radius 3 is 2.53 bits per heavy atom. The van der Waals surface area contributed by atoms with Gasteiger partial charge in [0.2, 0.25) is 0 Å². The van der Waals surface area contributed by atoms with Gasteiger partial charge in [0, 0.05) is 0 Å². The molecule has 4 heteroatoms. The second kappa shape index (κ2) is 4.38. The van der Waals surface area contributed by atoms with Crippen LogP contribution in [0, 0.1) is 0 Å². The molecule has 1 aromatic carbocycles. The molecule has 82 valence electrons. The second-order valence-electron chi connectivity index (χ2n) is 3.03. The first-order valence-corrected chi connectivity index (χ1v) is 4.32. The molecule has 0 amide bonds. The zero-order chi connectivity index (χ0) is 11.5. The number of benzene rings is 1. The molecular formula is C11H11F3O. The average molecular weight is 216 g/mol. The highest BCUT2D eigenvalue weighted by Gasteiger charge is 2.38. The predicted octanol–water partition coefficient (Wildman–Crippen LogP) is 3.53. The van der Waals surface area contributed by atoms with Crippen molar-refractivity contribution in [1.29, 1.82) is 0 Å². The van der Waals surface area contributed by atoms with E-state index in [-0.39, 0.29) is 5.56 Å². The van der Waals surface area contributed by atoms with E-state index in [0.29, 0.717) is 5.75 Å². The molecule has 0 N–H and O–H groups in total. The van der Waals surface area contributed by atoms with Crippen molar-refractivity contribution in [3.63, 3.8) is 0 Å². The molecule has 0 aliphatic carbocycles. The summed E-state index contributed by atoms with van der Waals surface area (Å²) in [6.07, 6.45) is -3.43. The molecule has 0 spiro atoms. The van der Waals surface area contributed by atoms with Crippen molar-refractivity contribution in [3.05, 3.63) is 42.5 Å². The minimum Gasteiger partial charge on any atom is -0.497 e. The van der Waals surface area contributed by atoms with Crippen molar-refractivity contribution in [1.82, 2.24) is 0 Å². The van der Waals surface area contributed by atoms with E-state index >= 15 is 0 Å². The highest BCUT2D eigenvalue weighted by molar-refractivity contribution is 5.33. The second-order valence-corrected chi connectivity index (χ2v) is 3.03. The first-order chi connectivity index (χ1) is 6.99. The standard InChI is InChI=1S/C11H11F3O/c1-3-10(11(12,13)14)8-5-4-6-9(7-8)15-2/h3-7,10H,1H2,2H3. The lowest BCUT2D eigenvalue weighted by Gasteiger charge is -2.17. The van der Waals surface area contributed by atoms with Crippen LogP contribution in [0.1, 0.15) is 11.5 Å². The summed E-state index contributed by atoms with van der Waals surface area (Å²) in [5.41, 5.74) is 0.136. The maximum atomic E-state index is 12.5. The Hall–Kier alpha value is -1.45. The van der Waals surface area contributed by atoms with Gasteiger partial charge >= 0.3 is 6.18 Å². The molecule has 0 heterocycles. The zero-order valence-corrected chi connectivity index (χ0v) is 8.21. The van der Waals surface area contributed by atoms with Crippen LogP contribution < -0.4 is 4.74 Å². The quantitative estimate of drug-likeness (QED) is 0.702. The molecule has 1 rings (SSSR count). The van der Waals surface area contributed by atoms with Gasteiger partial charge in [0.1, 0.15) is 5.75 Å². The Bertz CT molecular complexity index is 344. The van der Waals surface area contributed by atoms with E-state index in [0.717, 1.165) is 6.08 Å². The van der Waals surface area contributed by atoms with E-state index in [1.54, 1.807) is 6.07 Å². The number of alkyl halides is 3. The number of rotatable bonds is 3. The number of hydrogen-bond acceptors (Lipinski definition) is 1. The maximum absolute atomic E-state index is 12.5. The summed E-state index contributed by atoms with van der Waals surface area (Å²) in [7, 11) is 1.41. The molecular weight excluding hydrogens is 205 g/mol. The van der Waals surface area contributed by atoms with Crippen molar-refractivity contribution in [2.45, 2.75) is 12.1 Å². The van der Waals surface area contributed by atoms with Crippen LogP contribution in [0.15, 0.2) is 36.9 Å². The number of ether oxygens (including phenoxy) is 1. The fraction of sp³-hybridized carbons (Fsp3) is 0.273. The topological polar surface area (TPSA) is 9.23 Å². The van der Waals surface area contributed by atoms with Gasteiger partial charge in [-0.3, -0.25) is 0 Å². The van der Waals surface area contributed by atoms with E-state index in [2.05, 4.69) is 6.58 Å². The van der Waals surface area contributed by atoms with E-state index < -0.39 is 12.1 Å². The van der Waals surface area contributed by atoms with Crippen LogP contribution in [0.2, 0.25) is 0 Å². The van der Waals surface area contributed by atoms with Gasteiger partial charge in [-0.05, 0) is 17.7 Å². The third-order valence-corrected chi connectivity index (χ3v) is 2.04. The zero-order valence-electron chi connectivity index (χ0n) is 8.21. The largest absolute Gasteiger partial charge is 0.497 e. The van der Waals surface area contributed by atoms with E-state index in [1.165, 1.54) is 25.3 Å². The molecule has 1 nitrogen and oxygen atoms in total. The van der Waals surface area contributed by atoms with Crippen LogP contribution in [-0.2, 0) is 0 Å². The van der Waals surface area contributed by atoms with Crippen molar-refractivity contribution in [3.8, 4) is 5.75 Å². The van der Waals surface area contributed by atoms with Crippen LogP contribution in [-0.4, -0.2) is 13.3 Å². The van der Waals surface area contributed by atoms with E-state index in [1.807, 2.05) is 0 Å². The van der Waals surface area contributed by atoms with E-state index in [9.17, 15) is 13.2 Å². The summed E-state index contributed by atoms with van der Waals surface area (Å²) < 4.78 is 42.4. The lowest BCUT2D eigenvalue weighted by atomic mass is 9.98. The Morgan fingerprint density at radius 2 is 2.07 bits per heavy atom.